The maximum atomic E-state index is 11.5. The van der Waals surface area contributed by atoms with Crippen molar-refractivity contribution in [2.24, 2.45) is 11.3 Å². The van der Waals surface area contributed by atoms with Crippen molar-refractivity contribution in [3.8, 4) is 0 Å². The van der Waals surface area contributed by atoms with Gasteiger partial charge >= 0.3 is 5.97 Å². The normalized spacial score (nSPS) is 12.9. The van der Waals surface area contributed by atoms with Crippen LogP contribution in [0.5, 0.6) is 0 Å². The summed E-state index contributed by atoms with van der Waals surface area (Å²) in [6.07, 6.45) is 0.312. The Labute approximate surface area is 113 Å². The second-order valence-corrected chi connectivity index (χ2v) is 6.14. The largest absolute Gasteiger partial charge is 0.480 e. The molecule has 1 atom stereocenters. The lowest BCUT2D eigenvalue weighted by Gasteiger charge is -2.19. The fourth-order valence-corrected chi connectivity index (χ4v) is 1.46. The number of aliphatic carboxylic acids is 1. The highest BCUT2D eigenvalue weighted by Gasteiger charge is 2.23. The molecular formula is C13H24N2O4. The van der Waals surface area contributed by atoms with Crippen LogP contribution in [0, 0.1) is 11.3 Å². The van der Waals surface area contributed by atoms with Crippen molar-refractivity contribution in [3.05, 3.63) is 0 Å². The van der Waals surface area contributed by atoms with Crippen LogP contribution in [0.1, 0.15) is 41.0 Å². The first-order valence-corrected chi connectivity index (χ1v) is 6.32. The van der Waals surface area contributed by atoms with Crippen LogP contribution in [0.25, 0.3) is 0 Å². The lowest BCUT2D eigenvalue weighted by atomic mass is 9.92. The Morgan fingerprint density at radius 1 is 1.11 bits per heavy atom. The van der Waals surface area contributed by atoms with Crippen molar-refractivity contribution in [2.45, 2.75) is 47.1 Å². The molecule has 0 spiro atoms. The molecule has 0 aromatic heterocycles. The summed E-state index contributed by atoms with van der Waals surface area (Å²) in [7, 11) is 0. The fourth-order valence-electron chi connectivity index (χ4n) is 1.46. The number of carbonyl (C=O) groups excluding carboxylic acids is 2. The summed E-state index contributed by atoms with van der Waals surface area (Å²) in [5.41, 5.74) is -0.151. The van der Waals surface area contributed by atoms with E-state index in [9.17, 15) is 14.4 Å². The first-order valence-electron chi connectivity index (χ1n) is 6.32. The quantitative estimate of drug-likeness (QED) is 0.665. The Morgan fingerprint density at radius 2 is 1.63 bits per heavy atom. The predicted octanol–water partition coefficient (Wildman–Crippen LogP) is 0.764. The molecular weight excluding hydrogens is 248 g/mol. The smallest absolute Gasteiger partial charge is 0.326 e. The van der Waals surface area contributed by atoms with Gasteiger partial charge in [0, 0.05) is 6.42 Å². The Balaban J connectivity index is 4.19. The molecule has 2 amide bonds. The molecule has 0 aromatic rings. The molecule has 0 bridgehead atoms. The molecule has 3 N–H and O–H groups in total. The topological polar surface area (TPSA) is 95.5 Å². The first kappa shape index (κ1) is 17.4. The van der Waals surface area contributed by atoms with Crippen molar-refractivity contribution < 1.29 is 19.5 Å². The number of carbonyl (C=O) groups is 3. The van der Waals surface area contributed by atoms with E-state index in [1.165, 1.54) is 0 Å². The van der Waals surface area contributed by atoms with Crippen molar-refractivity contribution >= 4 is 17.8 Å². The average molecular weight is 272 g/mol. The Bertz CT molecular complexity index is 345. The Kier molecular flexibility index (Phi) is 6.52. The number of rotatable bonds is 6. The first-order chi connectivity index (χ1) is 8.53. The third kappa shape index (κ3) is 8.18. The third-order valence-corrected chi connectivity index (χ3v) is 2.39. The lowest BCUT2D eigenvalue weighted by Crippen LogP contribution is -2.48. The van der Waals surface area contributed by atoms with E-state index in [1.54, 1.807) is 13.8 Å². The van der Waals surface area contributed by atoms with Gasteiger partial charge in [0.25, 0.3) is 0 Å². The highest BCUT2D eigenvalue weighted by molar-refractivity contribution is 5.88. The summed E-state index contributed by atoms with van der Waals surface area (Å²) in [5, 5.41) is 13.8. The minimum Gasteiger partial charge on any atom is -0.480 e. The zero-order chi connectivity index (χ0) is 15.2. The molecule has 0 radical (unpaired) electrons. The Hall–Kier alpha value is -1.59. The van der Waals surface area contributed by atoms with Gasteiger partial charge in [-0.3, -0.25) is 9.59 Å². The van der Waals surface area contributed by atoms with Crippen molar-refractivity contribution in [3.63, 3.8) is 0 Å². The second kappa shape index (κ2) is 7.11. The van der Waals surface area contributed by atoms with Gasteiger partial charge in [-0.2, -0.15) is 0 Å². The number of carboxylic acid groups (broad SMARTS) is 1. The van der Waals surface area contributed by atoms with Crippen LogP contribution in [0.15, 0.2) is 0 Å². The Morgan fingerprint density at radius 3 is 2.00 bits per heavy atom. The number of hydrogen-bond acceptors (Lipinski definition) is 3. The van der Waals surface area contributed by atoms with E-state index in [4.69, 9.17) is 5.11 Å². The summed E-state index contributed by atoms with van der Waals surface area (Å²) in [4.78, 5) is 34.0. The fraction of sp³-hybridized carbons (Fsp3) is 0.769. The van der Waals surface area contributed by atoms with Gasteiger partial charge in [0.1, 0.15) is 6.04 Å². The minimum atomic E-state index is -1.08. The van der Waals surface area contributed by atoms with Gasteiger partial charge in [-0.25, -0.2) is 4.79 Å². The van der Waals surface area contributed by atoms with Crippen LogP contribution in [0.4, 0.5) is 0 Å². The highest BCUT2D eigenvalue weighted by atomic mass is 16.4. The average Bonchev–Trinajstić information content (AvgIpc) is 2.19. The second-order valence-electron chi connectivity index (χ2n) is 6.14. The number of carboxylic acids is 1. The molecule has 0 aliphatic rings. The summed E-state index contributed by atoms with van der Waals surface area (Å²) >= 11 is 0. The van der Waals surface area contributed by atoms with Gasteiger partial charge < -0.3 is 15.7 Å². The lowest BCUT2D eigenvalue weighted by molar-refractivity contribution is -0.143. The summed E-state index contributed by atoms with van der Waals surface area (Å²) in [6.45, 7) is 8.98. The monoisotopic (exact) mass is 272 g/mol. The van der Waals surface area contributed by atoms with Gasteiger partial charge in [0.05, 0.1) is 6.54 Å². The number of amides is 2. The SMILES string of the molecule is CC(C)[C@@H](NC(=O)CNC(=O)CC(C)(C)C)C(=O)O. The van der Waals surface area contributed by atoms with Crippen LogP contribution in [0.2, 0.25) is 0 Å². The van der Waals surface area contributed by atoms with Crippen molar-refractivity contribution in [1.82, 2.24) is 10.6 Å². The van der Waals surface area contributed by atoms with E-state index >= 15 is 0 Å². The molecule has 0 unspecified atom stereocenters. The summed E-state index contributed by atoms with van der Waals surface area (Å²) in [6, 6.07) is -0.938. The van der Waals surface area contributed by atoms with Crippen molar-refractivity contribution in [2.75, 3.05) is 6.54 Å². The molecule has 19 heavy (non-hydrogen) atoms. The van der Waals surface area contributed by atoms with Crippen molar-refractivity contribution in [1.29, 1.82) is 0 Å². The van der Waals surface area contributed by atoms with E-state index in [-0.39, 0.29) is 23.8 Å². The van der Waals surface area contributed by atoms with E-state index < -0.39 is 17.9 Å². The molecule has 0 aromatic carbocycles. The van der Waals surface area contributed by atoms with Gasteiger partial charge in [-0.15, -0.1) is 0 Å². The van der Waals surface area contributed by atoms with E-state index in [0.717, 1.165) is 0 Å². The number of hydrogen-bond donors (Lipinski definition) is 3. The molecule has 0 fully saturated rings. The van der Waals surface area contributed by atoms with Gasteiger partial charge in [-0.05, 0) is 11.3 Å². The molecule has 6 heteroatoms. The van der Waals surface area contributed by atoms with Gasteiger partial charge in [0.15, 0.2) is 0 Å². The predicted molar refractivity (Wildman–Crippen MR) is 71.5 cm³/mol. The molecule has 6 nitrogen and oxygen atoms in total. The maximum absolute atomic E-state index is 11.5. The zero-order valence-corrected chi connectivity index (χ0v) is 12.2. The molecule has 0 aliphatic carbocycles. The maximum Gasteiger partial charge on any atom is 0.326 e. The van der Waals surface area contributed by atoms with E-state index in [2.05, 4.69) is 10.6 Å². The molecule has 0 rings (SSSR count). The zero-order valence-electron chi connectivity index (χ0n) is 12.2. The molecule has 0 saturated heterocycles. The van der Waals surface area contributed by atoms with E-state index in [0.29, 0.717) is 6.42 Å². The molecule has 0 saturated carbocycles. The van der Waals surface area contributed by atoms with Crippen LogP contribution in [-0.4, -0.2) is 35.5 Å². The van der Waals surface area contributed by atoms with Gasteiger partial charge in [0.2, 0.25) is 11.8 Å². The van der Waals surface area contributed by atoms with Crippen LogP contribution < -0.4 is 10.6 Å². The molecule has 110 valence electrons. The highest BCUT2D eigenvalue weighted by Crippen LogP contribution is 2.17. The van der Waals surface area contributed by atoms with E-state index in [1.807, 2.05) is 20.8 Å². The summed E-state index contributed by atoms with van der Waals surface area (Å²) in [5.74, 6) is -2.02. The van der Waals surface area contributed by atoms with Crippen LogP contribution in [0.3, 0.4) is 0 Å². The molecule has 0 heterocycles. The molecule has 0 aliphatic heterocycles. The summed E-state index contributed by atoms with van der Waals surface area (Å²) < 4.78 is 0. The third-order valence-electron chi connectivity index (χ3n) is 2.39. The van der Waals surface area contributed by atoms with Crippen LogP contribution in [-0.2, 0) is 14.4 Å². The number of nitrogens with one attached hydrogen (secondary N) is 2. The van der Waals surface area contributed by atoms with Gasteiger partial charge in [-0.1, -0.05) is 34.6 Å². The minimum absolute atomic E-state index is 0.151. The van der Waals surface area contributed by atoms with Crippen LogP contribution >= 0.6 is 0 Å². The standard InChI is InChI=1S/C13H24N2O4/c1-8(2)11(12(18)19)15-10(17)7-14-9(16)6-13(3,4)5/h8,11H,6-7H2,1-5H3,(H,14,16)(H,15,17)(H,18,19)/t11-/m1/s1.